The maximum atomic E-state index is 10.5. The Hall–Kier alpha value is -1.29. The van der Waals surface area contributed by atoms with Crippen LogP contribution in [-0.2, 0) is 6.42 Å². The maximum absolute atomic E-state index is 10.5. The number of hydrogen-bond donors (Lipinski definition) is 0. The van der Waals surface area contributed by atoms with Crippen LogP contribution in [0.3, 0.4) is 0 Å². The van der Waals surface area contributed by atoms with E-state index in [0.29, 0.717) is 5.69 Å². The van der Waals surface area contributed by atoms with E-state index < -0.39 is 0 Å². The van der Waals surface area contributed by atoms with Crippen molar-refractivity contribution in [1.82, 2.24) is 14.9 Å². The molecule has 0 bridgehead atoms. The fourth-order valence-electron chi connectivity index (χ4n) is 1.15. The van der Waals surface area contributed by atoms with Crippen LogP contribution >= 0.6 is 0 Å². The van der Waals surface area contributed by atoms with Crippen molar-refractivity contribution >= 4 is 6.29 Å². The third kappa shape index (κ3) is 3.22. The second kappa shape index (κ2) is 4.81. The lowest BCUT2D eigenvalue weighted by molar-refractivity contribution is 0.111. The van der Waals surface area contributed by atoms with E-state index in [4.69, 9.17) is 0 Å². The molecule has 1 heterocycles. The van der Waals surface area contributed by atoms with E-state index in [1.54, 1.807) is 6.07 Å². The van der Waals surface area contributed by atoms with E-state index >= 15 is 0 Å². The van der Waals surface area contributed by atoms with Gasteiger partial charge in [0.25, 0.3) is 0 Å². The van der Waals surface area contributed by atoms with Crippen LogP contribution in [0.25, 0.3) is 0 Å². The summed E-state index contributed by atoms with van der Waals surface area (Å²) in [6.07, 6.45) is 1.53. The van der Waals surface area contributed by atoms with Crippen molar-refractivity contribution in [1.29, 1.82) is 0 Å². The van der Waals surface area contributed by atoms with Gasteiger partial charge < -0.3 is 4.90 Å². The average Bonchev–Trinajstić information content (AvgIpc) is 2.14. The minimum atomic E-state index is 0.464. The molecule has 0 radical (unpaired) electrons. The fraction of sp³-hybridized carbons (Fsp3) is 0.500. The number of carbonyl (C=O) groups is 1. The molecule has 1 rings (SSSR count). The van der Waals surface area contributed by atoms with E-state index in [-0.39, 0.29) is 0 Å². The van der Waals surface area contributed by atoms with Gasteiger partial charge in [0.15, 0.2) is 6.29 Å². The first-order valence-corrected chi connectivity index (χ1v) is 4.56. The molecule has 0 amide bonds. The molecule has 0 spiro atoms. The van der Waals surface area contributed by atoms with Crippen molar-refractivity contribution in [3.05, 3.63) is 23.3 Å². The Bertz CT molecular complexity index is 323. The molecule has 0 aliphatic rings. The van der Waals surface area contributed by atoms with E-state index in [2.05, 4.69) is 14.9 Å². The summed E-state index contributed by atoms with van der Waals surface area (Å²) in [7, 11) is 3.99. The largest absolute Gasteiger partial charge is 0.309 e. The summed E-state index contributed by atoms with van der Waals surface area (Å²) in [4.78, 5) is 21.0. The summed E-state index contributed by atoms with van der Waals surface area (Å²) in [6, 6.07) is 1.69. The molecule has 76 valence electrons. The van der Waals surface area contributed by atoms with Crippen molar-refractivity contribution in [3.63, 3.8) is 0 Å². The van der Waals surface area contributed by atoms with Gasteiger partial charge in [-0.1, -0.05) is 0 Å². The van der Waals surface area contributed by atoms with Gasteiger partial charge in [-0.05, 0) is 27.1 Å². The van der Waals surface area contributed by atoms with Crippen LogP contribution in [0.1, 0.15) is 22.0 Å². The van der Waals surface area contributed by atoms with Crippen LogP contribution in [0.2, 0.25) is 0 Å². The molecular weight excluding hydrogens is 178 g/mol. The Morgan fingerprint density at radius 1 is 1.43 bits per heavy atom. The average molecular weight is 193 g/mol. The minimum Gasteiger partial charge on any atom is -0.309 e. The van der Waals surface area contributed by atoms with Crippen LogP contribution in [-0.4, -0.2) is 41.8 Å². The molecule has 0 unspecified atom stereocenters. The lowest BCUT2D eigenvalue weighted by Crippen LogP contribution is -2.16. The van der Waals surface area contributed by atoms with E-state index in [1.165, 1.54) is 0 Å². The highest BCUT2D eigenvalue weighted by Gasteiger charge is 2.01. The van der Waals surface area contributed by atoms with Crippen LogP contribution in [0.15, 0.2) is 6.07 Å². The van der Waals surface area contributed by atoms with Gasteiger partial charge in [0.1, 0.15) is 11.5 Å². The Balaban J connectivity index is 2.76. The van der Waals surface area contributed by atoms with Gasteiger partial charge >= 0.3 is 0 Å². The van der Waals surface area contributed by atoms with Crippen molar-refractivity contribution in [2.24, 2.45) is 0 Å². The molecule has 0 atom stereocenters. The number of rotatable bonds is 4. The molecule has 0 aliphatic carbocycles. The molecule has 4 heteroatoms. The Morgan fingerprint density at radius 2 is 2.14 bits per heavy atom. The molecule has 0 N–H and O–H groups in total. The van der Waals surface area contributed by atoms with Crippen molar-refractivity contribution in [2.75, 3.05) is 20.6 Å². The first-order valence-electron chi connectivity index (χ1n) is 4.56. The number of hydrogen-bond acceptors (Lipinski definition) is 4. The fourth-order valence-corrected chi connectivity index (χ4v) is 1.15. The number of aromatic nitrogens is 2. The molecule has 0 saturated carbocycles. The maximum Gasteiger partial charge on any atom is 0.168 e. The van der Waals surface area contributed by atoms with Gasteiger partial charge in [-0.15, -0.1) is 0 Å². The standard InChI is InChI=1S/C10H15N3O/c1-8-6-9(7-14)12-10(11-8)4-5-13(2)3/h6-7H,4-5H2,1-3H3. The van der Waals surface area contributed by atoms with Crippen LogP contribution < -0.4 is 0 Å². The molecular formula is C10H15N3O. The topological polar surface area (TPSA) is 46.1 Å². The van der Waals surface area contributed by atoms with Gasteiger partial charge in [0.05, 0.1) is 0 Å². The lowest BCUT2D eigenvalue weighted by Gasteiger charge is -2.08. The predicted octanol–water partition coefficient (Wildman–Crippen LogP) is 0.702. The lowest BCUT2D eigenvalue weighted by atomic mass is 10.3. The summed E-state index contributed by atoms with van der Waals surface area (Å²) < 4.78 is 0. The highest BCUT2D eigenvalue weighted by Crippen LogP contribution is 1.99. The van der Waals surface area contributed by atoms with Gasteiger partial charge in [-0.2, -0.15) is 0 Å². The van der Waals surface area contributed by atoms with Gasteiger partial charge in [-0.3, -0.25) is 4.79 Å². The highest BCUT2D eigenvalue weighted by atomic mass is 16.1. The summed E-state index contributed by atoms with van der Waals surface area (Å²) in [6.45, 7) is 2.76. The normalized spacial score (nSPS) is 10.6. The first-order chi connectivity index (χ1) is 6.61. The van der Waals surface area contributed by atoms with Gasteiger partial charge in [-0.25, -0.2) is 9.97 Å². The van der Waals surface area contributed by atoms with Crippen LogP contribution in [0, 0.1) is 6.92 Å². The molecule has 0 aliphatic heterocycles. The molecule has 0 aromatic carbocycles. The van der Waals surface area contributed by atoms with Crippen molar-refractivity contribution in [2.45, 2.75) is 13.3 Å². The second-order valence-corrected chi connectivity index (χ2v) is 3.52. The zero-order valence-corrected chi connectivity index (χ0v) is 8.82. The monoisotopic (exact) mass is 193 g/mol. The quantitative estimate of drug-likeness (QED) is 0.660. The highest BCUT2D eigenvalue weighted by molar-refractivity contribution is 5.71. The predicted molar refractivity (Wildman–Crippen MR) is 54.4 cm³/mol. The van der Waals surface area contributed by atoms with E-state index in [1.807, 2.05) is 21.0 Å². The van der Waals surface area contributed by atoms with Crippen LogP contribution in [0.5, 0.6) is 0 Å². The van der Waals surface area contributed by atoms with Crippen molar-refractivity contribution in [3.8, 4) is 0 Å². The minimum absolute atomic E-state index is 0.464. The van der Waals surface area contributed by atoms with Crippen LogP contribution in [0.4, 0.5) is 0 Å². The number of likely N-dealkylation sites (N-methyl/N-ethyl adjacent to an activating group) is 1. The van der Waals surface area contributed by atoms with Crippen molar-refractivity contribution < 1.29 is 4.79 Å². The Morgan fingerprint density at radius 3 is 2.71 bits per heavy atom. The molecule has 0 fully saturated rings. The number of aldehydes is 1. The third-order valence-electron chi connectivity index (χ3n) is 1.82. The zero-order valence-electron chi connectivity index (χ0n) is 8.82. The molecule has 4 nitrogen and oxygen atoms in total. The second-order valence-electron chi connectivity index (χ2n) is 3.52. The SMILES string of the molecule is Cc1cc(C=O)nc(CCN(C)C)n1. The summed E-state index contributed by atoms with van der Waals surface area (Å²) in [5.74, 6) is 0.737. The summed E-state index contributed by atoms with van der Waals surface area (Å²) in [5.41, 5.74) is 1.31. The summed E-state index contributed by atoms with van der Waals surface area (Å²) in [5, 5.41) is 0. The third-order valence-corrected chi connectivity index (χ3v) is 1.82. The summed E-state index contributed by atoms with van der Waals surface area (Å²) >= 11 is 0. The molecule has 1 aromatic heterocycles. The zero-order chi connectivity index (χ0) is 10.6. The Labute approximate surface area is 84.0 Å². The van der Waals surface area contributed by atoms with E-state index in [9.17, 15) is 4.79 Å². The van der Waals surface area contributed by atoms with Gasteiger partial charge in [0, 0.05) is 18.7 Å². The number of carbonyl (C=O) groups excluding carboxylic acids is 1. The van der Waals surface area contributed by atoms with Gasteiger partial charge in [0.2, 0.25) is 0 Å². The molecule has 0 saturated heterocycles. The van der Waals surface area contributed by atoms with E-state index in [0.717, 1.165) is 30.8 Å². The molecule has 1 aromatic rings. The number of aryl methyl sites for hydroxylation is 1. The number of nitrogens with zero attached hydrogens (tertiary/aromatic N) is 3. The Kier molecular flexibility index (Phi) is 3.71. The first kappa shape index (κ1) is 10.8. The smallest absolute Gasteiger partial charge is 0.168 e. The molecule has 14 heavy (non-hydrogen) atoms.